The number of nitrogens with two attached hydrogens (primary N) is 1. The van der Waals surface area contributed by atoms with Gasteiger partial charge >= 0.3 is 0 Å². The molecular formula is C14H29N3O2. The number of nitrogens with one attached hydrogen (secondary N) is 1. The normalized spacial score (nSPS) is 29.3. The lowest BCUT2D eigenvalue weighted by Gasteiger charge is -2.45. The third kappa shape index (κ3) is 4.16. The van der Waals surface area contributed by atoms with Crippen LogP contribution in [0.25, 0.3) is 0 Å². The van der Waals surface area contributed by atoms with E-state index in [2.05, 4.69) is 31.2 Å². The van der Waals surface area contributed by atoms with Crippen molar-refractivity contribution in [2.24, 2.45) is 11.7 Å². The zero-order chi connectivity index (χ0) is 14.5. The molecule has 3 N–H and O–H groups in total. The Morgan fingerprint density at radius 1 is 1.58 bits per heavy atom. The summed E-state index contributed by atoms with van der Waals surface area (Å²) in [4.78, 5) is 14.2. The Balaban J connectivity index is 2.62. The van der Waals surface area contributed by atoms with E-state index < -0.39 is 6.10 Å². The molecule has 19 heavy (non-hydrogen) atoms. The number of hydrogen-bond donors (Lipinski definition) is 2. The zero-order valence-corrected chi connectivity index (χ0v) is 12.7. The highest BCUT2D eigenvalue weighted by Crippen LogP contribution is 2.35. The van der Waals surface area contributed by atoms with Crippen molar-refractivity contribution in [1.82, 2.24) is 10.2 Å². The third-order valence-electron chi connectivity index (χ3n) is 4.40. The van der Waals surface area contributed by atoms with Crippen molar-refractivity contribution in [2.75, 3.05) is 34.3 Å². The van der Waals surface area contributed by atoms with Gasteiger partial charge in [0.2, 0.25) is 0 Å². The van der Waals surface area contributed by atoms with Gasteiger partial charge in [-0.25, -0.2) is 0 Å². The third-order valence-corrected chi connectivity index (χ3v) is 4.40. The standard InChI is InChI=1S/C14H29N3O2/c1-11-6-5-7-14(8-11,17(2)3)10-16-13(18)12(9-15)19-4/h11-12H,5-10,15H2,1-4H3,(H,16,18). The quantitative estimate of drug-likeness (QED) is 0.742. The summed E-state index contributed by atoms with van der Waals surface area (Å²) in [5, 5.41) is 3.01. The van der Waals surface area contributed by atoms with E-state index in [9.17, 15) is 4.79 Å². The lowest BCUT2D eigenvalue weighted by atomic mass is 9.75. The molecule has 0 spiro atoms. The highest BCUT2D eigenvalue weighted by atomic mass is 16.5. The van der Waals surface area contributed by atoms with E-state index in [0.717, 1.165) is 12.8 Å². The summed E-state index contributed by atoms with van der Waals surface area (Å²) in [6.45, 7) is 3.17. The van der Waals surface area contributed by atoms with Crippen LogP contribution < -0.4 is 11.1 Å². The van der Waals surface area contributed by atoms with Crippen LogP contribution in [0, 0.1) is 5.92 Å². The number of hydrogen-bond acceptors (Lipinski definition) is 4. The lowest BCUT2D eigenvalue weighted by Crippen LogP contribution is -2.56. The molecule has 5 heteroatoms. The zero-order valence-electron chi connectivity index (χ0n) is 12.7. The largest absolute Gasteiger partial charge is 0.370 e. The van der Waals surface area contributed by atoms with E-state index in [-0.39, 0.29) is 18.0 Å². The van der Waals surface area contributed by atoms with E-state index in [1.807, 2.05) is 0 Å². The van der Waals surface area contributed by atoms with Crippen molar-refractivity contribution in [3.05, 3.63) is 0 Å². The van der Waals surface area contributed by atoms with Gasteiger partial charge in [-0.05, 0) is 32.9 Å². The summed E-state index contributed by atoms with van der Waals surface area (Å²) in [5.41, 5.74) is 5.58. The summed E-state index contributed by atoms with van der Waals surface area (Å²) < 4.78 is 5.07. The number of rotatable bonds is 6. The minimum absolute atomic E-state index is 0.0697. The molecule has 0 heterocycles. The summed E-state index contributed by atoms with van der Waals surface area (Å²) in [5.74, 6) is 0.602. The maximum absolute atomic E-state index is 12.0. The molecule has 0 saturated heterocycles. The van der Waals surface area contributed by atoms with Gasteiger partial charge < -0.3 is 20.7 Å². The molecule has 1 amide bonds. The maximum Gasteiger partial charge on any atom is 0.250 e. The molecule has 0 aromatic heterocycles. The van der Waals surface area contributed by atoms with Crippen LogP contribution in [0.5, 0.6) is 0 Å². The van der Waals surface area contributed by atoms with Gasteiger partial charge in [0.05, 0.1) is 0 Å². The second-order valence-electron chi connectivity index (χ2n) is 6.00. The van der Waals surface area contributed by atoms with Gasteiger partial charge in [0, 0.05) is 25.7 Å². The highest BCUT2D eigenvalue weighted by molar-refractivity contribution is 5.81. The van der Waals surface area contributed by atoms with Crippen LogP contribution in [0.3, 0.4) is 0 Å². The van der Waals surface area contributed by atoms with Crippen LogP contribution in [0.4, 0.5) is 0 Å². The maximum atomic E-state index is 12.0. The molecule has 1 saturated carbocycles. The molecule has 1 aliphatic rings. The SMILES string of the molecule is COC(CN)C(=O)NCC1(N(C)C)CCCC(C)C1. The molecule has 1 rings (SSSR count). The fourth-order valence-electron chi connectivity index (χ4n) is 3.03. The van der Waals surface area contributed by atoms with Gasteiger partial charge in [-0.15, -0.1) is 0 Å². The Hall–Kier alpha value is -0.650. The van der Waals surface area contributed by atoms with Crippen molar-refractivity contribution in [3.63, 3.8) is 0 Å². The summed E-state index contributed by atoms with van der Waals surface area (Å²) in [6, 6.07) is 0. The molecule has 1 aliphatic carbocycles. The molecular weight excluding hydrogens is 242 g/mol. The van der Waals surface area contributed by atoms with Gasteiger partial charge in [0.1, 0.15) is 6.10 Å². The van der Waals surface area contributed by atoms with E-state index >= 15 is 0 Å². The van der Waals surface area contributed by atoms with Crippen LogP contribution >= 0.6 is 0 Å². The molecule has 0 bridgehead atoms. The summed E-state index contributed by atoms with van der Waals surface area (Å²) in [7, 11) is 5.71. The van der Waals surface area contributed by atoms with E-state index in [1.165, 1.54) is 20.0 Å². The topological polar surface area (TPSA) is 67.6 Å². The lowest BCUT2D eigenvalue weighted by molar-refractivity contribution is -0.131. The van der Waals surface area contributed by atoms with Crippen LogP contribution in [-0.4, -0.2) is 56.7 Å². The Morgan fingerprint density at radius 2 is 2.26 bits per heavy atom. The number of likely N-dealkylation sites (N-methyl/N-ethyl adjacent to an activating group) is 1. The van der Waals surface area contributed by atoms with Crippen molar-refractivity contribution in [1.29, 1.82) is 0 Å². The van der Waals surface area contributed by atoms with Crippen LogP contribution in [0.1, 0.15) is 32.6 Å². The Kier molecular flexibility index (Phi) is 6.23. The molecule has 0 aromatic carbocycles. The van der Waals surface area contributed by atoms with Gasteiger partial charge in [-0.3, -0.25) is 4.79 Å². The van der Waals surface area contributed by atoms with Crippen molar-refractivity contribution in [2.45, 2.75) is 44.2 Å². The number of ether oxygens (including phenoxy) is 1. The smallest absolute Gasteiger partial charge is 0.250 e. The summed E-state index contributed by atoms with van der Waals surface area (Å²) >= 11 is 0. The average Bonchev–Trinajstić information content (AvgIpc) is 2.37. The molecule has 3 atom stereocenters. The fraction of sp³-hybridized carbons (Fsp3) is 0.929. The molecule has 0 aromatic rings. The van der Waals surface area contributed by atoms with Crippen LogP contribution in [0.2, 0.25) is 0 Å². The first kappa shape index (κ1) is 16.4. The van der Waals surface area contributed by atoms with E-state index in [4.69, 9.17) is 10.5 Å². The number of carbonyl (C=O) groups excluding carboxylic acids is 1. The number of methoxy groups -OCH3 is 1. The average molecular weight is 271 g/mol. The van der Waals surface area contributed by atoms with Crippen molar-refractivity contribution < 1.29 is 9.53 Å². The molecule has 0 aliphatic heterocycles. The Morgan fingerprint density at radius 3 is 2.74 bits per heavy atom. The second kappa shape index (κ2) is 7.22. The predicted octanol–water partition coefficient (Wildman–Crippen LogP) is 0.587. The van der Waals surface area contributed by atoms with E-state index in [1.54, 1.807) is 0 Å². The minimum Gasteiger partial charge on any atom is -0.370 e. The molecule has 3 unspecified atom stereocenters. The van der Waals surface area contributed by atoms with Gasteiger partial charge in [-0.1, -0.05) is 19.8 Å². The number of nitrogens with zero attached hydrogens (tertiary/aromatic N) is 1. The van der Waals surface area contributed by atoms with Crippen molar-refractivity contribution in [3.8, 4) is 0 Å². The van der Waals surface area contributed by atoms with Gasteiger partial charge in [-0.2, -0.15) is 0 Å². The second-order valence-corrected chi connectivity index (χ2v) is 6.00. The first-order valence-electron chi connectivity index (χ1n) is 7.13. The molecule has 5 nitrogen and oxygen atoms in total. The van der Waals surface area contributed by atoms with E-state index in [0.29, 0.717) is 12.5 Å². The van der Waals surface area contributed by atoms with Crippen LogP contribution in [-0.2, 0) is 9.53 Å². The monoisotopic (exact) mass is 271 g/mol. The highest BCUT2D eigenvalue weighted by Gasteiger charge is 2.37. The number of carbonyl (C=O) groups is 1. The minimum atomic E-state index is -0.541. The first-order valence-corrected chi connectivity index (χ1v) is 7.13. The first-order chi connectivity index (χ1) is 8.95. The van der Waals surface area contributed by atoms with Crippen molar-refractivity contribution >= 4 is 5.91 Å². The summed E-state index contributed by atoms with van der Waals surface area (Å²) in [6.07, 6.45) is 4.22. The fourth-order valence-corrected chi connectivity index (χ4v) is 3.03. The molecule has 1 fully saturated rings. The Labute approximate surface area is 116 Å². The van der Waals surface area contributed by atoms with Crippen LogP contribution in [0.15, 0.2) is 0 Å². The number of amides is 1. The molecule has 112 valence electrons. The molecule has 0 radical (unpaired) electrons. The Bertz CT molecular complexity index is 292. The van der Waals surface area contributed by atoms with Gasteiger partial charge in [0.25, 0.3) is 5.91 Å². The predicted molar refractivity (Wildman–Crippen MR) is 76.9 cm³/mol. The van der Waals surface area contributed by atoms with Gasteiger partial charge in [0.15, 0.2) is 0 Å².